The highest BCUT2D eigenvalue weighted by Crippen LogP contribution is 2.50. The van der Waals surface area contributed by atoms with Gasteiger partial charge in [-0.25, -0.2) is 0 Å². The second kappa shape index (κ2) is 10.6. The van der Waals surface area contributed by atoms with E-state index in [1.54, 1.807) is 0 Å². The van der Waals surface area contributed by atoms with Crippen LogP contribution in [0.4, 0.5) is 0 Å². The lowest BCUT2D eigenvalue weighted by atomic mass is 9.85. The van der Waals surface area contributed by atoms with E-state index >= 15 is 0 Å². The number of Topliss-reactive ketones (excluding diaryl/α,β-unsaturated/α-hetero) is 1. The number of hydrogen-bond donors (Lipinski definition) is 0. The van der Waals surface area contributed by atoms with Gasteiger partial charge in [0.1, 0.15) is 23.1 Å². The highest BCUT2D eigenvalue weighted by molar-refractivity contribution is 5.82. The van der Waals surface area contributed by atoms with Gasteiger partial charge in [-0.3, -0.25) is 14.4 Å². The van der Waals surface area contributed by atoms with Gasteiger partial charge in [0, 0.05) is 26.2 Å². The summed E-state index contributed by atoms with van der Waals surface area (Å²) < 4.78 is 22.8. The van der Waals surface area contributed by atoms with Gasteiger partial charge in [0.05, 0.1) is 18.8 Å². The predicted octanol–water partition coefficient (Wildman–Crippen LogP) is 4.39. The lowest BCUT2D eigenvalue weighted by Gasteiger charge is -2.35. The van der Waals surface area contributed by atoms with Crippen molar-refractivity contribution in [3.8, 4) is 0 Å². The Balaban J connectivity index is 1.88. The first-order valence-corrected chi connectivity index (χ1v) is 12.0. The van der Waals surface area contributed by atoms with E-state index in [1.807, 2.05) is 34.6 Å². The van der Waals surface area contributed by atoms with Crippen molar-refractivity contribution in [1.82, 2.24) is 0 Å². The molecule has 2 aliphatic heterocycles. The maximum absolute atomic E-state index is 12.7. The Kier molecular flexibility index (Phi) is 8.90. The Bertz CT molecular complexity index is 688. The van der Waals surface area contributed by atoms with E-state index in [0.29, 0.717) is 32.5 Å². The third-order valence-electron chi connectivity index (χ3n) is 7.39. The molecule has 0 aromatic rings. The molecule has 0 N–H and O–H groups in total. The first-order valence-electron chi connectivity index (χ1n) is 12.0. The van der Waals surface area contributed by atoms with Crippen molar-refractivity contribution < 1.29 is 33.3 Å². The number of ketones is 1. The van der Waals surface area contributed by atoms with Gasteiger partial charge in [0.15, 0.2) is 0 Å². The monoisotopic (exact) mass is 454 g/mol. The average molecular weight is 455 g/mol. The number of hydrogen-bond acceptors (Lipinski definition) is 7. The van der Waals surface area contributed by atoms with Crippen LogP contribution in [0.5, 0.6) is 0 Å². The summed E-state index contributed by atoms with van der Waals surface area (Å²) in [5.41, 5.74) is -1.18. The third-order valence-corrected chi connectivity index (χ3v) is 7.39. The van der Waals surface area contributed by atoms with Crippen LogP contribution in [0, 0.1) is 11.8 Å². The molecule has 0 spiro atoms. The molecule has 2 heterocycles. The van der Waals surface area contributed by atoms with Crippen LogP contribution >= 0.6 is 0 Å². The number of carbonyl (C=O) groups excluding carboxylic acids is 3. The van der Waals surface area contributed by atoms with Crippen LogP contribution < -0.4 is 0 Å². The van der Waals surface area contributed by atoms with Crippen molar-refractivity contribution in [2.75, 3.05) is 13.2 Å². The number of epoxide rings is 1. The first kappa shape index (κ1) is 26.8. The van der Waals surface area contributed by atoms with Crippen molar-refractivity contribution in [3.05, 3.63) is 0 Å². The number of esters is 2. The van der Waals surface area contributed by atoms with Gasteiger partial charge in [0.25, 0.3) is 0 Å². The summed E-state index contributed by atoms with van der Waals surface area (Å²) in [5, 5.41) is 0. The Morgan fingerprint density at radius 2 is 1.72 bits per heavy atom. The molecule has 2 rings (SSSR count). The van der Waals surface area contributed by atoms with Gasteiger partial charge in [-0.1, -0.05) is 6.92 Å². The van der Waals surface area contributed by atoms with Crippen LogP contribution in [-0.2, 0) is 33.3 Å². The molecule has 0 bridgehead atoms. The fourth-order valence-electron chi connectivity index (χ4n) is 4.60. The average Bonchev–Trinajstić information content (AvgIpc) is 3.21. The van der Waals surface area contributed by atoms with Crippen molar-refractivity contribution in [1.29, 1.82) is 0 Å². The fourth-order valence-corrected chi connectivity index (χ4v) is 4.60. The summed E-state index contributed by atoms with van der Waals surface area (Å²) in [6.07, 6.45) is 4.66. The summed E-state index contributed by atoms with van der Waals surface area (Å²) in [6.45, 7) is 13.8. The summed E-state index contributed by atoms with van der Waals surface area (Å²) >= 11 is 0. The number of rotatable bonds is 11. The van der Waals surface area contributed by atoms with Gasteiger partial charge >= 0.3 is 11.9 Å². The van der Waals surface area contributed by atoms with E-state index in [2.05, 4.69) is 0 Å². The zero-order valence-electron chi connectivity index (χ0n) is 21.0. The molecule has 5 atom stereocenters. The van der Waals surface area contributed by atoms with E-state index < -0.39 is 5.60 Å². The van der Waals surface area contributed by atoms with Crippen molar-refractivity contribution >= 4 is 17.7 Å². The molecule has 3 unspecified atom stereocenters. The van der Waals surface area contributed by atoms with E-state index in [-0.39, 0.29) is 46.9 Å². The summed E-state index contributed by atoms with van der Waals surface area (Å²) in [5.74, 6) is -0.169. The fraction of sp³-hybridized carbons (Fsp3) is 0.880. The molecule has 0 aromatic carbocycles. The molecule has 0 amide bonds. The van der Waals surface area contributed by atoms with E-state index in [0.717, 1.165) is 25.7 Å². The van der Waals surface area contributed by atoms with Crippen LogP contribution in [0.2, 0.25) is 0 Å². The largest absolute Gasteiger partial charge is 0.466 e. The van der Waals surface area contributed by atoms with Crippen molar-refractivity contribution in [2.45, 2.75) is 116 Å². The Hall–Kier alpha value is -1.47. The molecule has 32 heavy (non-hydrogen) atoms. The lowest BCUT2D eigenvalue weighted by Crippen LogP contribution is -2.44. The Labute approximate surface area is 192 Å². The van der Waals surface area contributed by atoms with Gasteiger partial charge in [-0.05, 0) is 72.1 Å². The van der Waals surface area contributed by atoms with Crippen molar-refractivity contribution in [2.24, 2.45) is 11.8 Å². The summed E-state index contributed by atoms with van der Waals surface area (Å²) in [7, 11) is 0. The van der Waals surface area contributed by atoms with E-state index in [1.165, 1.54) is 13.8 Å². The molecule has 184 valence electrons. The molecular weight excluding hydrogens is 412 g/mol. The lowest BCUT2D eigenvalue weighted by molar-refractivity contribution is -0.169. The predicted molar refractivity (Wildman–Crippen MR) is 120 cm³/mol. The number of ether oxygens (including phenoxy) is 4. The maximum Gasteiger partial charge on any atom is 0.303 e. The zero-order chi connectivity index (χ0) is 24.2. The first-order chi connectivity index (χ1) is 14.8. The van der Waals surface area contributed by atoms with Gasteiger partial charge in [0.2, 0.25) is 0 Å². The highest BCUT2D eigenvalue weighted by Gasteiger charge is 2.60. The van der Waals surface area contributed by atoms with E-state index in [4.69, 9.17) is 18.9 Å². The van der Waals surface area contributed by atoms with Crippen LogP contribution in [-0.4, -0.2) is 53.8 Å². The quantitative estimate of drug-likeness (QED) is 0.338. The molecule has 2 fully saturated rings. The molecule has 2 saturated heterocycles. The van der Waals surface area contributed by atoms with Crippen LogP contribution in [0.15, 0.2) is 0 Å². The second-order valence-corrected chi connectivity index (χ2v) is 10.6. The minimum absolute atomic E-state index is 0.0511. The normalized spacial score (nSPS) is 32.5. The maximum atomic E-state index is 12.7. The van der Waals surface area contributed by atoms with Gasteiger partial charge < -0.3 is 18.9 Å². The Morgan fingerprint density at radius 3 is 2.28 bits per heavy atom. The highest BCUT2D eigenvalue weighted by atomic mass is 16.6. The third kappa shape index (κ3) is 7.27. The summed E-state index contributed by atoms with van der Waals surface area (Å²) in [6, 6.07) is 0. The smallest absolute Gasteiger partial charge is 0.303 e. The SMILES string of the molecule is CC(=O)OCCC1CC[C@@H](OC(C)=O)[C@](C)(CCCC(C)C(=O)CC2(C)OC2(C)C)OC1. The second-order valence-electron chi connectivity index (χ2n) is 10.6. The van der Waals surface area contributed by atoms with Crippen LogP contribution in [0.1, 0.15) is 93.4 Å². The minimum Gasteiger partial charge on any atom is -0.466 e. The van der Waals surface area contributed by atoms with Crippen molar-refractivity contribution in [3.63, 3.8) is 0 Å². The molecule has 0 aromatic heterocycles. The molecule has 0 saturated carbocycles. The molecule has 7 heteroatoms. The minimum atomic E-state index is -0.599. The molecule has 0 radical (unpaired) electrons. The van der Waals surface area contributed by atoms with E-state index in [9.17, 15) is 14.4 Å². The zero-order valence-corrected chi connectivity index (χ0v) is 21.0. The molecule has 7 nitrogen and oxygen atoms in total. The van der Waals surface area contributed by atoms with Gasteiger partial charge in [-0.2, -0.15) is 0 Å². The molecule has 2 aliphatic rings. The van der Waals surface area contributed by atoms with Crippen LogP contribution in [0.25, 0.3) is 0 Å². The molecular formula is C25H42O7. The standard InChI is InChI=1S/C25H42O7/c1-17(21(28)15-25(7)23(4,5)32-25)9-8-13-24(6)22(31-19(3)27)11-10-20(16-30-24)12-14-29-18(2)26/h17,20,22H,8-16H2,1-7H3/t17?,20?,22-,24+,25?/m1/s1. The number of carbonyl (C=O) groups is 3. The summed E-state index contributed by atoms with van der Waals surface area (Å²) in [4.78, 5) is 35.4. The van der Waals surface area contributed by atoms with Gasteiger partial charge in [-0.15, -0.1) is 0 Å². The molecule has 0 aliphatic carbocycles. The Morgan fingerprint density at radius 1 is 1.06 bits per heavy atom. The topological polar surface area (TPSA) is 91.4 Å². The van der Waals surface area contributed by atoms with Crippen LogP contribution in [0.3, 0.4) is 0 Å².